The molecule has 0 saturated carbocycles. The van der Waals surface area contributed by atoms with Crippen molar-refractivity contribution in [2.75, 3.05) is 6.61 Å². The smallest absolute Gasteiger partial charge is 0.137 e. The lowest BCUT2D eigenvalue weighted by Gasteiger charge is -2.08. The van der Waals surface area contributed by atoms with Gasteiger partial charge in [-0.1, -0.05) is 94.5 Å². The standard InChI is InChI=1S/C30H39NO/c1-3-5-7-8-10-25-11-13-26(14-12-25)15-16-27-17-19-28(20-18-27)30-22-21-29(24-31-30)32-23-9-6-4-2/h11-14,17-22,24H,3-10,15-16,23H2,1-2H3. The molecule has 0 amide bonds. The Labute approximate surface area is 195 Å². The van der Waals surface area contributed by atoms with Crippen molar-refractivity contribution in [3.8, 4) is 17.0 Å². The second-order valence-electron chi connectivity index (χ2n) is 8.76. The molecule has 0 spiro atoms. The lowest BCUT2D eigenvalue weighted by Crippen LogP contribution is -1.97. The fraction of sp³-hybridized carbons (Fsp3) is 0.433. The zero-order valence-electron chi connectivity index (χ0n) is 20.0. The maximum Gasteiger partial charge on any atom is 0.137 e. The Bertz CT molecular complexity index is 882. The molecule has 32 heavy (non-hydrogen) atoms. The summed E-state index contributed by atoms with van der Waals surface area (Å²) in [6, 6.07) is 22.1. The minimum Gasteiger partial charge on any atom is -0.492 e. The Kier molecular flexibility index (Phi) is 10.3. The lowest BCUT2D eigenvalue weighted by molar-refractivity contribution is 0.305. The molecule has 0 saturated heterocycles. The van der Waals surface area contributed by atoms with Gasteiger partial charge in [0.2, 0.25) is 0 Å². The molecule has 0 fully saturated rings. The number of nitrogens with zero attached hydrogens (tertiary/aromatic N) is 1. The third-order valence-corrected chi connectivity index (χ3v) is 6.05. The van der Waals surface area contributed by atoms with Crippen LogP contribution in [-0.4, -0.2) is 11.6 Å². The predicted octanol–water partition coefficient (Wildman–Crippen LogP) is 8.23. The van der Waals surface area contributed by atoms with Crippen LogP contribution in [0, 0.1) is 0 Å². The summed E-state index contributed by atoms with van der Waals surface area (Å²) >= 11 is 0. The van der Waals surface area contributed by atoms with E-state index < -0.39 is 0 Å². The highest BCUT2D eigenvalue weighted by Gasteiger charge is 2.03. The van der Waals surface area contributed by atoms with Crippen LogP contribution in [0.15, 0.2) is 66.9 Å². The van der Waals surface area contributed by atoms with Crippen LogP contribution in [0.5, 0.6) is 5.75 Å². The molecule has 2 aromatic carbocycles. The molecular weight excluding hydrogens is 390 g/mol. The highest BCUT2D eigenvalue weighted by Crippen LogP contribution is 2.21. The van der Waals surface area contributed by atoms with Crippen LogP contribution >= 0.6 is 0 Å². The van der Waals surface area contributed by atoms with E-state index in [1.807, 2.05) is 18.3 Å². The first-order valence-electron chi connectivity index (χ1n) is 12.5. The van der Waals surface area contributed by atoms with Gasteiger partial charge in [0, 0.05) is 5.56 Å². The van der Waals surface area contributed by atoms with Gasteiger partial charge in [0.25, 0.3) is 0 Å². The molecule has 0 unspecified atom stereocenters. The van der Waals surface area contributed by atoms with Crippen molar-refractivity contribution in [1.82, 2.24) is 4.98 Å². The highest BCUT2D eigenvalue weighted by molar-refractivity contribution is 5.59. The Balaban J connectivity index is 1.45. The summed E-state index contributed by atoms with van der Waals surface area (Å²) in [6.07, 6.45) is 14.0. The van der Waals surface area contributed by atoms with Gasteiger partial charge in [0.15, 0.2) is 0 Å². The monoisotopic (exact) mass is 429 g/mol. The number of benzene rings is 2. The maximum absolute atomic E-state index is 5.77. The van der Waals surface area contributed by atoms with Crippen molar-refractivity contribution in [3.05, 3.63) is 83.6 Å². The van der Waals surface area contributed by atoms with E-state index in [1.165, 1.54) is 61.6 Å². The predicted molar refractivity (Wildman–Crippen MR) is 136 cm³/mol. The molecule has 0 atom stereocenters. The molecule has 0 aliphatic carbocycles. The summed E-state index contributed by atoms with van der Waals surface area (Å²) in [5.41, 5.74) is 6.40. The molecule has 0 radical (unpaired) electrons. The SMILES string of the molecule is CCCCCCc1ccc(CCc2ccc(-c3ccc(OCCCCC)cn3)cc2)cc1. The fourth-order valence-corrected chi connectivity index (χ4v) is 3.94. The lowest BCUT2D eigenvalue weighted by atomic mass is 10.00. The zero-order chi connectivity index (χ0) is 22.4. The number of ether oxygens (including phenoxy) is 1. The van der Waals surface area contributed by atoms with Gasteiger partial charge in [-0.3, -0.25) is 4.98 Å². The maximum atomic E-state index is 5.77. The molecule has 0 bridgehead atoms. The highest BCUT2D eigenvalue weighted by atomic mass is 16.5. The van der Waals surface area contributed by atoms with E-state index in [0.29, 0.717) is 0 Å². The van der Waals surface area contributed by atoms with E-state index in [1.54, 1.807) is 0 Å². The minimum absolute atomic E-state index is 0.769. The molecule has 170 valence electrons. The van der Waals surface area contributed by atoms with E-state index in [4.69, 9.17) is 4.74 Å². The minimum atomic E-state index is 0.769. The number of unbranched alkanes of at least 4 members (excludes halogenated alkanes) is 5. The van der Waals surface area contributed by atoms with Gasteiger partial charge >= 0.3 is 0 Å². The summed E-state index contributed by atoms with van der Waals surface area (Å²) in [5.74, 6) is 0.855. The molecule has 2 nitrogen and oxygen atoms in total. The molecular formula is C30H39NO. The van der Waals surface area contributed by atoms with E-state index in [0.717, 1.165) is 42.9 Å². The molecule has 0 N–H and O–H groups in total. The summed E-state index contributed by atoms with van der Waals surface area (Å²) in [4.78, 5) is 4.59. The van der Waals surface area contributed by atoms with Crippen LogP contribution in [0.25, 0.3) is 11.3 Å². The first kappa shape index (κ1) is 24.0. The summed E-state index contributed by atoms with van der Waals surface area (Å²) in [7, 11) is 0. The van der Waals surface area contributed by atoms with E-state index >= 15 is 0 Å². The number of rotatable bonds is 14. The number of hydrogen-bond donors (Lipinski definition) is 0. The summed E-state index contributed by atoms with van der Waals surface area (Å²) < 4.78 is 5.77. The molecule has 0 aliphatic heterocycles. The fourth-order valence-electron chi connectivity index (χ4n) is 3.94. The quantitative estimate of drug-likeness (QED) is 0.241. The first-order chi connectivity index (χ1) is 15.8. The van der Waals surface area contributed by atoms with Crippen molar-refractivity contribution in [1.29, 1.82) is 0 Å². The van der Waals surface area contributed by atoms with Gasteiger partial charge in [-0.2, -0.15) is 0 Å². The molecule has 2 heteroatoms. The second kappa shape index (κ2) is 13.7. The summed E-state index contributed by atoms with van der Waals surface area (Å²) in [6.45, 7) is 5.24. The van der Waals surface area contributed by atoms with Crippen molar-refractivity contribution in [3.63, 3.8) is 0 Å². The average molecular weight is 430 g/mol. The van der Waals surface area contributed by atoms with Crippen molar-refractivity contribution < 1.29 is 4.74 Å². The third kappa shape index (κ3) is 8.15. The van der Waals surface area contributed by atoms with E-state index in [2.05, 4.69) is 67.4 Å². The third-order valence-electron chi connectivity index (χ3n) is 6.05. The molecule has 3 rings (SSSR count). The van der Waals surface area contributed by atoms with Gasteiger partial charge in [0.05, 0.1) is 18.5 Å². The molecule has 1 aromatic heterocycles. The van der Waals surface area contributed by atoms with Crippen LogP contribution in [0.4, 0.5) is 0 Å². The average Bonchev–Trinajstić information content (AvgIpc) is 2.85. The Hall–Kier alpha value is -2.61. The normalized spacial score (nSPS) is 10.9. The second-order valence-corrected chi connectivity index (χ2v) is 8.76. The number of aryl methyl sites for hydroxylation is 3. The largest absolute Gasteiger partial charge is 0.492 e. The van der Waals surface area contributed by atoms with Crippen LogP contribution < -0.4 is 4.74 Å². The van der Waals surface area contributed by atoms with Gasteiger partial charge < -0.3 is 4.74 Å². The Morgan fingerprint density at radius 1 is 0.594 bits per heavy atom. The van der Waals surface area contributed by atoms with Crippen molar-refractivity contribution in [2.24, 2.45) is 0 Å². The van der Waals surface area contributed by atoms with Gasteiger partial charge in [-0.15, -0.1) is 0 Å². The first-order valence-corrected chi connectivity index (χ1v) is 12.5. The van der Waals surface area contributed by atoms with Crippen LogP contribution in [0.1, 0.15) is 75.5 Å². The van der Waals surface area contributed by atoms with Crippen molar-refractivity contribution in [2.45, 2.75) is 78.1 Å². The van der Waals surface area contributed by atoms with Crippen LogP contribution in [0.3, 0.4) is 0 Å². The van der Waals surface area contributed by atoms with Gasteiger partial charge in [-0.05, 0) is 60.9 Å². The van der Waals surface area contributed by atoms with Gasteiger partial charge in [-0.25, -0.2) is 0 Å². The van der Waals surface area contributed by atoms with Crippen molar-refractivity contribution >= 4 is 0 Å². The Morgan fingerprint density at radius 2 is 1.19 bits per heavy atom. The molecule has 3 aromatic rings. The Morgan fingerprint density at radius 3 is 1.78 bits per heavy atom. The van der Waals surface area contributed by atoms with Gasteiger partial charge in [0.1, 0.15) is 5.75 Å². The van der Waals surface area contributed by atoms with E-state index in [-0.39, 0.29) is 0 Å². The molecule has 0 aliphatic rings. The topological polar surface area (TPSA) is 22.1 Å². The van der Waals surface area contributed by atoms with Crippen LogP contribution in [0.2, 0.25) is 0 Å². The van der Waals surface area contributed by atoms with E-state index in [9.17, 15) is 0 Å². The number of hydrogen-bond acceptors (Lipinski definition) is 2. The zero-order valence-corrected chi connectivity index (χ0v) is 20.0. The molecule has 1 heterocycles. The number of aromatic nitrogens is 1. The number of pyridine rings is 1. The van der Waals surface area contributed by atoms with Crippen LogP contribution in [-0.2, 0) is 19.3 Å². The summed E-state index contributed by atoms with van der Waals surface area (Å²) in [5, 5.41) is 0.